The quantitative estimate of drug-likeness (QED) is 0.611. The molecule has 0 radical (unpaired) electrons. The Labute approximate surface area is 97.6 Å². The van der Waals surface area contributed by atoms with Crippen LogP contribution in [0.15, 0.2) is 24.3 Å². The van der Waals surface area contributed by atoms with Crippen LogP contribution in [0.25, 0.3) is 0 Å². The molecule has 0 amide bonds. The molecular weight excluding hydrogens is 239 g/mol. The average molecular weight is 252 g/mol. The van der Waals surface area contributed by atoms with E-state index in [1.807, 2.05) is 24.3 Å². The molecule has 0 atom stereocenters. The summed E-state index contributed by atoms with van der Waals surface area (Å²) in [5.41, 5.74) is 1.80. The second kappa shape index (κ2) is 5.99. The van der Waals surface area contributed by atoms with Gasteiger partial charge in [0, 0.05) is 24.5 Å². The van der Waals surface area contributed by atoms with Crippen LogP contribution in [0.1, 0.15) is 18.4 Å². The van der Waals surface area contributed by atoms with E-state index in [0.717, 1.165) is 11.3 Å². The molecule has 90 valence electrons. The third kappa shape index (κ3) is 5.26. The van der Waals surface area contributed by atoms with E-state index in [1.165, 1.54) is 0 Å². The summed E-state index contributed by atoms with van der Waals surface area (Å²) >= 11 is 5.61. The SMILES string of the molecule is FC(F)(F)CCCNc1ccc(CCl)cc1. The second-order valence-corrected chi connectivity index (χ2v) is 3.74. The number of anilines is 1. The zero-order chi connectivity index (χ0) is 12.0. The van der Waals surface area contributed by atoms with Crippen LogP contribution in [-0.2, 0) is 5.88 Å². The summed E-state index contributed by atoms with van der Waals surface area (Å²) < 4.78 is 35.5. The monoisotopic (exact) mass is 251 g/mol. The Morgan fingerprint density at radius 3 is 2.25 bits per heavy atom. The van der Waals surface area contributed by atoms with E-state index in [2.05, 4.69) is 5.32 Å². The van der Waals surface area contributed by atoms with Crippen LogP contribution in [0, 0.1) is 0 Å². The van der Waals surface area contributed by atoms with Gasteiger partial charge < -0.3 is 5.32 Å². The molecule has 0 bridgehead atoms. The van der Waals surface area contributed by atoms with Crippen LogP contribution >= 0.6 is 11.6 Å². The summed E-state index contributed by atoms with van der Waals surface area (Å²) in [4.78, 5) is 0. The summed E-state index contributed by atoms with van der Waals surface area (Å²) in [6, 6.07) is 7.31. The molecule has 1 aromatic carbocycles. The molecule has 1 N–H and O–H groups in total. The highest BCUT2D eigenvalue weighted by atomic mass is 35.5. The van der Waals surface area contributed by atoms with Gasteiger partial charge >= 0.3 is 6.18 Å². The van der Waals surface area contributed by atoms with Crippen molar-refractivity contribution in [2.24, 2.45) is 0 Å². The molecule has 0 heterocycles. The van der Waals surface area contributed by atoms with Crippen LogP contribution < -0.4 is 5.32 Å². The molecule has 0 aromatic heterocycles. The second-order valence-electron chi connectivity index (χ2n) is 3.48. The lowest BCUT2D eigenvalue weighted by Gasteiger charge is -2.08. The number of alkyl halides is 4. The van der Waals surface area contributed by atoms with Gasteiger partial charge in [0.15, 0.2) is 0 Å². The maximum Gasteiger partial charge on any atom is 0.389 e. The van der Waals surface area contributed by atoms with E-state index < -0.39 is 12.6 Å². The highest BCUT2D eigenvalue weighted by molar-refractivity contribution is 6.17. The Hall–Kier alpha value is -0.900. The molecule has 0 fully saturated rings. The lowest BCUT2D eigenvalue weighted by Crippen LogP contribution is -2.10. The molecule has 0 saturated heterocycles. The van der Waals surface area contributed by atoms with E-state index in [4.69, 9.17) is 11.6 Å². The van der Waals surface area contributed by atoms with Gasteiger partial charge in [-0.15, -0.1) is 11.6 Å². The minimum atomic E-state index is -4.07. The Bertz CT molecular complexity index is 308. The number of hydrogen-bond acceptors (Lipinski definition) is 1. The van der Waals surface area contributed by atoms with Crippen molar-refractivity contribution in [3.63, 3.8) is 0 Å². The van der Waals surface area contributed by atoms with Gasteiger partial charge in [0.1, 0.15) is 0 Å². The van der Waals surface area contributed by atoms with Gasteiger partial charge in [0.2, 0.25) is 0 Å². The fourth-order valence-electron chi connectivity index (χ4n) is 1.23. The first-order valence-electron chi connectivity index (χ1n) is 4.97. The van der Waals surface area contributed by atoms with Crippen LogP contribution in [0.3, 0.4) is 0 Å². The Morgan fingerprint density at radius 2 is 1.75 bits per heavy atom. The smallest absolute Gasteiger partial charge is 0.385 e. The Kier molecular flexibility index (Phi) is 4.93. The summed E-state index contributed by atoms with van der Waals surface area (Å²) in [6.07, 6.45) is -4.73. The van der Waals surface area contributed by atoms with Gasteiger partial charge in [-0.25, -0.2) is 0 Å². The molecule has 0 unspecified atom stereocenters. The molecule has 1 nitrogen and oxygen atoms in total. The van der Waals surface area contributed by atoms with Gasteiger partial charge in [0.25, 0.3) is 0 Å². The van der Waals surface area contributed by atoms with Gasteiger partial charge in [0.05, 0.1) is 0 Å². The lowest BCUT2D eigenvalue weighted by molar-refractivity contribution is -0.134. The highest BCUT2D eigenvalue weighted by Crippen LogP contribution is 2.21. The van der Waals surface area contributed by atoms with Crippen molar-refractivity contribution < 1.29 is 13.2 Å². The standard InChI is InChI=1S/C11H13ClF3N/c12-8-9-2-4-10(5-3-9)16-7-1-6-11(13,14)15/h2-5,16H,1,6-8H2. The first-order valence-corrected chi connectivity index (χ1v) is 5.50. The predicted molar refractivity (Wildman–Crippen MR) is 59.8 cm³/mol. The van der Waals surface area contributed by atoms with Gasteiger partial charge in [-0.1, -0.05) is 12.1 Å². The summed E-state index contributed by atoms with van der Waals surface area (Å²) in [7, 11) is 0. The molecule has 0 saturated carbocycles. The topological polar surface area (TPSA) is 12.0 Å². The molecule has 0 spiro atoms. The van der Waals surface area contributed by atoms with Crippen molar-refractivity contribution in [3.8, 4) is 0 Å². The number of rotatable bonds is 5. The van der Waals surface area contributed by atoms with E-state index in [0.29, 0.717) is 12.4 Å². The zero-order valence-corrected chi connectivity index (χ0v) is 9.41. The molecule has 0 aliphatic rings. The maximum absolute atomic E-state index is 11.8. The Morgan fingerprint density at radius 1 is 1.12 bits per heavy atom. The third-order valence-corrected chi connectivity index (χ3v) is 2.38. The summed E-state index contributed by atoms with van der Waals surface area (Å²) in [5.74, 6) is 0.439. The van der Waals surface area contributed by atoms with Crippen LogP contribution in [0.5, 0.6) is 0 Å². The fourth-order valence-corrected chi connectivity index (χ4v) is 1.41. The van der Waals surface area contributed by atoms with E-state index >= 15 is 0 Å². The number of halogens is 4. The highest BCUT2D eigenvalue weighted by Gasteiger charge is 2.25. The molecule has 0 aliphatic carbocycles. The van der Waals surface area contributed by atoms with Gasteiger partial charge in [-0.3, -0.25) is 0 Å². The van der Waals surface area contributed by atoms with Crippen molar-refractivity contribution >= 4 is 17.3 Å². The van der Waals surface area contributed by atoms with Crippen molar-refractivity contribution in [3.05, 3.63) is 29.8 Å². The zero-order valence-electron chi connectivity index (χ0n) is 8.65. The molecule has 1 rings (SSSR count). The van der Waals surface area contributed by atoms with Gasteiger partial charge in [-0.05, 0) is 24.1 Å². The van der Waals surface area contributed by atoms with Crippen LogP contribution in [0.2, 0.25) is 0 Å². The number of hydrogen-bond donors (Lipinski definition) is 1. The van der Waals surface area contributed by atoms with Crippen molar-refractivity contribution in [1.29, 1.82) is 0 Å². The molecule has 1 aromatic rings. The first-order chi connectivity index (χ1) is 7.51. The summed E-state index contributed by atoms with van der Waals surface area (Å²) in [6.45, 7) is 0.319. The average Bonchev–Trinajstić information content (AvgIpc) is 2.24. The summed E-state index contributed by atoms with van der Waals surface area (Å²) in [5, 5.41) is 2.93. The van der Waals surface area contributed by atoms with Crippen molar-refractivity contribution in [2.45, 2.75) is 24.9 Å². The minimum Gasteiger partial charge on any atom is -0.385 e. The fraction of sp³-hybridized carbons (Fsp3) is 0.455. The number of benzene rings is 1. The largest absolute Gasteiger partial charge is 0.389 e. The van der Waals surface area contributed by atoms with E-state index in [-0.39, 0.29) is 6.42 Å². The molecule has 16 heavy (non-hydrogen) atoms. The van der Waals surface area contributed by atoms with E-state index in [1.54, 1.807) is 0 Å². The Balaban J connectivity index is 2.27. The lowest BCUT2D eigenvalue weighted by atomic mass is 10.2. The van der Waals surface area contributed by atoms with Crippen molar-refractivity contribution in [1.82, 2.24) is 0 Å². The van der Waals surface area contributed by atoms with Crippen molar-refractivity contribution in [2.75, 3.05) is 11.9 Å². The van der Waals surface area contributed by atoms with Crippen LogP contribution in [0.4, 0.5) is 18.9 Å². The molecular formula is C11H13ClF3N. The molecule has 0 aliphatic heterocycles. The third-order valence-electron chi connectivity index (χ3n) is 2.07. The van der Waals surface area contributed by atoms with Crippen LogP contribution in [-0.4, -0.2) is 12.7 Å². The first kappa shape index (κ1) is 13.2. The maximum atomic E-state index is 11.8. The van der Waals surface area contributed by atoms with E-state index in [9.17, 15) is 13.2 Å². The normalized spacial score (nSPS) is 11.5. The number of nitrogens with one attached hydrogen (secondary N) is 1. The molecule has 5 heteroatoms. The van der Waals surface area contributed by atoms with Gasteiger partial charge in [-0.2, -0.15) is 13.2 Å². The minimum absolute atomic E-state index is 0.0841. The predicted octanol–water partition coefficient (Wildman–Crippen LogP) is 4.18.